The molecule has 1 rings (SSSR count). The number of rotatable bonds is 2. The molecule has 0 spiro atoms. The van der Waals surface area contributed by atoms with E-state index in [0.29, 0.717) is 6.54 Å². The summed E-state index contributed by atoms with van der Waals surface area (Å²) in [4.78, 5) is 11.2. The highest BCUT2D eigenvalue weighted by Crippen LogP contribution is 2.14. The van der Waals surface area contributed by atoms with Crippen molar-refractivity contribution < 1.29 is 4.79 Å². The van der Waals surface area contributed by atoms with Crippen molar-refractivity contribution in [2.24, 2.45) is 11.7 Å². The highest BCUT2D eigenvalue weighted by molar-refractivity contribution is 5.78. The van der Waals surface area contributed by atoms with Gasteiger partial charge in [0.1, 0.15) is 0 Å². The molecule has 0 aromatic rings. The summed E-state index contributed by atoms with van der Waals surface area (Å²) in [7, 11) is 0. The van der Waals surface area contributed by atoms with Crippen molar-refractivity contribution in [2.45, 2.75) is 25.7 Å². The zero-order valence-electron chi connectivity index (χ0n) is 6.81. The molecule has 0 saturated carbocycles. The average Bonchev–Trinajstić information content (AvgIpc) is 2.18. The predicted molar refractivity (Wildman–Crippen MR) is 44.0 cm³/mol. The molecule has 0 aliphatic carbocycles. The van der Waals surface area contributed by atoms with Gasteiger partial charge in [0, 0.05) is 12.5 Å². The Morgan fingerprint density at radius 2 is 2.36 bits per heavy atom. The summed E-state index contributed by atoms with van der Waals surface area (Å²) >= 11 is 0. The summed E-state index contributed by atoms with van der Waals surface area (Å²) in [6.07, 6.45) is 4.13. The summed E-state index contributed by atoms with van der Waals surface area (Å²) in [5.74, 6) is 0.385. The van der Waals surface area contributed by atoms with Crippen molar-refractivity contribution in [1.29, 1.82) is 0 Å². The van der Waals surface area contributed by atoms with E-state index in [2.05, 4.69) is 5.32 Å². The summed E-state index contributed by atoms with van der Waals surface area (Å²) < 4.78 is 0. The van der Waals surface area contributed by atoms with Gasteiger partial charge in [-0.25, -0.2) is 0 Å². The van der Waals surface area contributed by atoms with Gasteiger partial charge in [-0.15, -0.1) is 0 Å². The summed E-state index contributed by atoms with van der Waals surface area (Å²) in [5.41, 5.74) is 5.39. The molecule has 1 fully saturated rings. The van der Waals surface area contributed by atoms with Gasteiger partial charge < -0.3 is 11.1 Å². The Morgan fingerprint density at radius 1 is 1.55 bits per heavy atom. The fraction of sp³-hybridized carbons (Fsp3) is 0.875. The maximum Gasteiger partial charge on any atom is 0.223 e. The highest BCUT2D eigenvalue weighted by Gasteiger charge is 2.18. The average molecular weight is 156 g/mol. The Bertz CT molecular complexity index is 136. The molecule has 1 saturated heterocycles. The second-order valence-corrected chi connectivity index (χ2v) is 3.06. The zero-order chi connectivity index (χ0) is 8.10. The first-order valence-corrected chi connectivity index (χ1v) is 4.32. The molecule has 1 atom stereocenters. The van der Waals surface area contributed by atoms with Crippen LogP contribution in [-0.2, 0) is 4.79 Å². The highest BCUT2D eigenvalue weighted by atomic mass is 16.1. The SMILES string of the molecule is NCCC1CCCCNC1=O. The van der Waals surface area contributed by atoms with Gasteiger partial charge in [-0.05, 0) is 25.8 Å². The van der Waals surface area contributed by atoms with Crippen molar-refractivity contribution in [1.82, 2.24) is 5.32 Å². The summed E-state index contributed by atoms with van der Waals surface area (Å²) in [6.45, 7) is 1.47. The maximum atomic E-state index is 11.2. The van der Waals surface area contributed by atoms with E-state index in [9.17, 15) is 4.79 Å². The molecular weight excluding hydrogens is 140 g/mol. The smallest absolute Gasteiger partial charge is 0.223 e. The van der Waals surface area contributed by atoms with Crippen LogP contribution in [0.1, 0.15) is 25.7 Å². The molecule has 1 amide bonds. The van der Waals surface area contributed by atoms with E-state index in [1.165, 1.54) is 0 Å². The minimum Gasteiger partial charge on any atom is -0.356 e. The largest absolute Gasteiger partial charge is 0.356 e. The van der Waals surface area contributed by atoms with Gasteiger partial charge >= 0.3 is 0 Å². The van der Waals surface area contributed by atoms with E-state index in [0.717, 1.165) is 32.2 Å². The van der Waals surface area contributed by atoms with Crippen LogP contribution in [0.25, 0.3) is 0 Å². The lowest BCUT2D eigenvalue weighted by Crippen LogP contribution is -2.30. The van der Waals surface area contributed by atoms with Gasteiger partial charge in [-0.2, -0.15) is 0 Å². The Morgan fingerprint density at radius 3 is 3.09 bits per heavy atom. The molecule has 3 N–H and O–H groups in total. The number of hydrogen-bond donors (Lipinski definition) is 2. The number of amides is 1. The molecule has 0 radical (unpaired) electrons. The van der Waals surface area contributed by atoms with Gasteiger partial charge in [0.05, 0.1) is 0 Å². The second kappa shape index (κ2) is 4.34. The van der Waals surface area contributed by atoms with E-state index >= 15 is 0 Å². The van der Waals surface area contributed by atoms with Crippen molar-refractivity contribution in [2.75, 3.05) is 13.1 Å². The van der Waals surface area contributed by atoms with E-state index in [1.54, 1.807) is 0 Å². The minimum absolute atomic E-state index is 0.183. The van der Waals surface area contributed by atoms with Crippen LogP contribution < -0.4 is 11.1 Å². The van der Waals surface area contributed by atoms with Crippen LogP contribution in [0.4, 0.5) is 0 Å². The molecule has 0 aromatic heterocycles. The molecule has 64 valence electrons. The van der Waals surface area contributed by atoms with Crippen LogP contribution in [0.2, 0.25) is 0 Å². The lowest BCUT2D eigenvalue weighted by atomic mass is 9.99. The normalized spacial score (nSPS) is 25.9. The molecule has 0 bridgehead atoms. The lowest BCUT2D eigenvalue weighted by molar-refractivity contribution is -0.124. The molecule has 11 heavy (non-hydrogen) atoms. The van der Waals surface area contributed by atoms with Gasteiger partial charge in [-0.3, -0.25) is 4.79 Å². The van der Waals surface area contributed by atoms with Crippen LogP contribution in [0, 0.1) is 5.92 Å². The quantitative estimate of drug-likeness (QED) is 0.602. The van der Waals surface area contributed by atoms with Gasteiger partial charge in [0.15, 0.2) is 0 Å². The number of carbonyl (C=O) groups is 1. The molecule has 3 nitrogen and oxygen atoms in total. The Kier molecular flexibility index (Phi) is 3.36. The molecule has 0 aromatic carbocycles. The van der Waals surface area contributed by atoms with E-state index < -0.39 is 0 Å². The van der Waals surface area contributed by atoms with Crippen LogP contribution in [-0.4, -0.2) is 19.0 Å². The Labute approximate surface area is 67.3 Å². The zero-order valence-corrected chi connectivity index (χ0v) is 6.81. The molecule has 1 aliphatic rings. The third-order valence-electron chi connectivity index (χ3n) is 2.16. The number of carbonyl (C=O) groups excluding carboxylic acids is 1. The third kappa shape index (κ3) is 2.50. The van der Waals surface area contributed by atoms with Crippen molar-refractivity contribution in [3.8, 4) is 0 Å². The number of nitrogens with one attached hydrogen (secondary N) is 1. The third-order valence-corrected chi connectivity index (χ3v) is 2.16. The van der Waals surface area contributed by atoms with E-state index in [-0.39, 0.29) is 11.8 Å². The first-order chi connectivity index (χ1) is 5.34. The topological polar surface area (TPSA) is 55.1 Å². The number of nitrogens with two attached hydrogens (primary N) is 1. The van der Waals surface area contributed by atoms with Crippen molar-refractivity contribution >= 4 is 5.91 Å². The standard InChI is InChI=1S/C8H16N2O/c9-5-4-7-3-1-2-6-10-8(7)11/h7H,1-6,9H2,(H,10,11). The van der Waals surface area contributed by atoms with Gasteiger partial charge in [0.25, 0.3) is 0 Å². The van der Waals surface area contributed by atoms with Crippen LogP contribution in [0.15, 0.2) is 0 Å². The van der Waals surface area contributed by atoms with Gasteiger partial charge in [0.2, 0.25) is 5.91 Å². The lowest BCUT2D eigenvalue weighted by Gasteiger charge is -2.10. The molecule has 3 heteroatoms. The number of hydrogen-bond acceptors (Lipinski definition) is 2. The fourth-order valence-electron chi connectivity index (χ4n) is 1.48. The summed E-state index contributed by atoms with van der Waals surface area (Å²) in [6, 6.07) is 0. The van der Waals surface area contributed by atoms with Crippen LogP contribution in [0.3, 0.4) is 0 Å². The van der Waals surface area contributed by atoms with E-state index in [4.69, 9.17) is 5.73 Å². The maximum absolute atomic E-state index is 11.2. The summed E-state index contributed by atoms with van der Waals surface area (Å²) in [5, 5.41) is 2.88. The first-order valence-electron chi connectivity index (χ1n) is 4.32. The predicted octanol–water partition coefficient (Wildman–Crippen LogP) is 0.252. The van der Waals surface area contributed by atoms with Crippen molar-refractivity contribution in [3.05, 3.63) is 0 Å². The van der Waals surface area contributed by atoms with Crippen LogP contribution >= 0.6 is 0 Å². The molecule has 1 aliphatic heterocycles. The van der Waals surface area contributed by atoms with E-state index in [1.807, 2.05) is 0 Å². The fourth-order valence-corrected chi connectivity index (χ4v) is 1.48. The van der Waals surface area contributed by atoms with Crippen molar-refractivity contribution in [3.63, 3.8) is 0 Å². The second-order valence-electron chi connectivity index (χ2n) is 3.06. The van der Waals surface area contributed by atoms with Crippen LogP contribution in [0.5, 0.6) is 0 Å². The Hall–Kier alpha value is -0.570. The van der Waals surface area contributed by atoms with Gasteiger partial charge in [-0.1, -0.05) is 6.42 Å². The first kappa shape index (κ1) is 8.53. The Balaban J connectivity index is 2.39. The molecular formula is C8H16N2O. The molecule has 1 heterocycles. The molecule has 1 unspecified atom stereocenters. The minimum atomic E-state index is 0.183. The monoisotopic (exact) mass is 156 g/mol.